The van der Waals surface area contributed by atoms with Gasteiger partial charge in [-0.1, -0.05) is 62.2 Å². The molecule has 0 saturated heterocycles. The second kappa shape index (κ2) is 9.56. The topological polar surface area (TPSA) is 51.1 Å². The molecule has 0 amide bonds. The Morgan fingerprint density at radius 3 is 2.25 bits per heavy atom. The Morgan fingerprint density at radius 2 is 1.53 bits per heavy atom. The monoisotopic (exact) mass is 602 g/mol. The molecule has 36 heavy (non-hydrogen) atoms. The first-order valence-electron chi connectivity index (χ1n) is 11.5. The van der Waals surface area contributed by atoms with Gasteiger partial charge in [-0.05, 0) is 72.3 Å². The first-order chi connectivity index (χ1) is 17.5. The minimum Gasteiger partial charge on any atom is -0.464 e. The Morgan fingerprint density at radius 1 is 0.861 bits per heavy atom. The van der Waals surface area contributed by atoms with E-state index in [9.17, 15) is 4.79 Å². The van der Waals surface area contributed by atoms with E-state index in [0.717, 1.165) is 43.5 Å². The highest BCUT2D eigenvalue weighted by Gasteiger charge is 2.40. The third-order valence-electron chi connectivity index (χ3n) is 6.33. The molecule has 2 aliphatic rings. The zero-order valence-electron chi connectivity index (χ0n) is 19.0. The number of benzene rings is 4. The summed E-state index contributed by atoms with van der Waals surface area (Å²) in [6, 6.07) is 30.9. The smallest absolute Gasteiger partial charge is 0.343 e. The van der Waals surface area contributed by atoms with Crippen LogP contribution in [0.5, 0.6) is 11.5 Å². The molecule has 2 aliphatic heterocycles. The summed E-state index contributed by atoms with van der Waals surface area (Å²) in [5, 5.41) is 7.05. The normalized spacial score (nSPS) is 18.1. The van der Waals surface area contributed by atoms with Gasteiger partial charge in [0.2, 0.25) is 6.23 Å². The third-order valence-corrected chi connectivity index (χ3v) is 7.39. The fourth-order valence-electron chi connectivity index (χ4n) is 4.52. The molecular weight excluding hydrogens is 584 g/mol. The molecule has 6 rings (SSSR count). The Kier molecular flexibility index (Phi) is 6.11. The molecule has 2 atom stereocenters. The highest BCUT2D eigenvalue weighted by Crippen LogP contribution is 2.47. The van der Waals surface area contributed by atoms with E-state index in [2.05, 4.69) is 50.1 Å². The number of fused-ring (bicyclic) bond motifs is 3. The van der Waals surface area contributed by atoms with Gasteiger partial charge in [0, 0.05) is 26.5 Å². The summed E-state index contributed by atoms with van der Waals surface area (Å²) in [7, 11) is 0. The quantitative estimate of drug-likeness (QED) is 0.177. The highest BCUT2D eigenvalue weighted by molar-refractivity contribution is 9.10. The fraction of sp³-hybridized carbons (Fsp3) is 0.103. The summed E-state index contributed by atoms with van der Waals surface area (Å²) < 4.78 is 13.9. The predicted octanol–water partition coefficient (Wildman–Crippen LogP) is 7.67. The summed E-state index contributed by atoms with van der Waals surface area (Å²) in [5.74, 6) is 0.933. The average Bonchev–Trinajstić information content (AvgIpc) is 3.35. The molecule has 7 heteroatoms. The van der Waals surface area contributed by atoms with Crippen LogP contribution in [-0.2, 0) is 0 Å². The Balaban J connectivity index is 1.28. The third kappa shape index (κ3) is 4.45. The van der Waals surface area contributed by atoms with Gasteiger partial charge < -0.3 is 9.47 Å². The number of ether oxygens (including phenoxy) is 2. The van der Waals surface area contributed by atoms with Crippen LogP contribution in [0.2, 0.25) is 0 Å². The van der Waals surface area contributed by atoms with Crippen LogP contribution < -0.4 is 9.47 Å². The molecule has 0 aromatic heterocycles. The lowest BCUT2D eigenvalue weighted by Crippen LogP contribution is -2.33. The SMILES string of the molecule is O=C(Oc1ccc([C@H]2Oc3ccccc3[C@@H]3CC(c4ccc(Br)cc4)=NN23)cc1)c1ccc(Br)cc1. The van der Waals surface area contributed by atoms with Gasteiger partial charge in [0.15, 0.2) is 0 Å². The molecule has 5 nitrogen and oxygen atoms in total. The van der Waals surface area contributed by atoms with Crippen molar-refractivity contribution in [1.82, 2.24) is 5.01 Å². The first-order valence-corrected chi connectivity index (χ1v) is 13.1. The molecular formula is C29H20Br2N2O3. The molecule has 0 radical (unpaired) electrons. The molecule has 178 valence electrons. The van der Waals surface area contributed by atoms with Crippen molar-refractivity contribution in [2.75, 3.05) is 0 Å². The van der Waals surface area contributed by atoms with E-state index >= 15 is 0 Å². The van der Waals surface area contributed by atoms with Gasteiger partial charge in [0.05, 0.1) is 17.3 Å². The Bertz CT molecular complexity index is 1450. The first kappa shape index (κ1) is 23.0. The highest BCUT2D eigenvalue weighted by atomic mass is 79.9. The van der Waals surface area contributed by atoms with Gasteiger partial charge in [0.25, 0.3) is 0 Å². The average molecular weight is 604 g/mol. The van der Waals surface area contributed by atoms with Crippen LogP contribution in [0.3, 0.4) is 0 Å². The van der Waals surface area contributed by atoms with E-state index in [0.29, 0.717) is 11.3 Å². The van der Waals surface area contributed by atoms with Gasteiger partial charge in [-0.3, -0.25) is 0 Å². The van der Waals surface area contributed by atoms with Crippen molar-refractivity contribution in [3.63, 3.8) is 0 Å². The van der Waals surface area contributed by atoms with Crippen molar-refractivity contribution in [2.24, 2.45) is 5.10 Å². The van der Waals surface area contributed by atoms with Crippen molar-refractivity contribution < 1.29 is 14.3 Å². The van der Waals surface area contributed by atoms with Crippen LogP contribution in [0, 0.1) is 0 Å². The van der Waals surface area contributed by atoms with Gasteiger partial charge >= 0.3 is 5.97 Å². The van der Waals surface area contributed by atoms with Gasteiger partial charge in [-0.25, -0.2) is 9.80 Å². The number of hydrogen-bond acceptors (Lipinski definition) is 5. The number of halogens is 2. The zero-order chi connectivity index (χ0) is 24.6. The summed E-state index contributed by atoms with van der Waals surface area (Å²) in [6.07, 6.45) is 0.399. The van der Waals surface area contributed by atoms with Crippen LogP contribution in [0.4, 0.5) is 0 Å². The van der Waals surface area contributed by atoms with E-state index in [1.807, 2.05) is 59.6 Å². The maximum Gasteiger partial charge on any atom is 0.343 e. The van der Waals surface area contributed by atoms with Crippen LogP contribution in [0.1, 0.15) is 45.7 Å². The van der Waals surface area contributed by atoms with E-state index in [1.165, 1.54) is 0 Å². The molecule has 4 aromatic carbocycles. The molecule has 0 N–H and O–H groups in total. The fourth-order valence-corrected chi connectivity index (χ4v) is 5.05. The van der Waals surface area contributed by atoms with Crippen LogP contribution in [0.15, 0.2) is 111 Å². The van der Waals surface area contributed by atoms with Crippen molar-refractivity contribution >= 4 is 43.5 Å². The number of carbonyl (C=O) groups excluding carboxylic acids is 1. The molecule has 0 aliphatic carbocycles. The molecule has 0 fully saturated rings. The standard InChI is InChI=1S/C29H20Br2N2O3/c30-21-11-5-18(6-12-21)25-17-26-24-3-1-2-4-27(24)36-28(33(26)32-25)19-9-15-23(16-10-19)35-29(34)20-7-13-22(31)14-8-20/h1-16,26,28H,17H2/t26-,28+/m0/s1. The van der Waals surface area contributed by atoms with Gasteiger partial charge in [-0.15, -0.1) is 0 Å². The molecule has 0 spiro atoms. The lowest BCUT2D eigenvalue weighted by molar-refractivity contribution is -0.0190. The summed E-state index contributed by atoms with van der Waals surface area (Å²) in [6.45, 7) is 0. The second-order valence-corrected chi connectivity index (χ2v) is 10.5. The number of hydrazone groups is 1. The van der Waals surface area contributed by atoms with E-state index in [-0.39, 0.29) is 6.04 Å². The Hall–Kier alpha value is -3.42. The van der Waals surface area contributed by atoms with Gasteiger partial charge in [0.1, 0.15) is 11.5 Å². The van der Waals surface area contributed by atoms with Crippen molar-refractivity contribution in [2.45, 2.75) is 18.7 Å². The number of para-hydroxylation sites is 1. The van der Waals surface area contributed by atoms with Crippen molar-refractivity contribution in [1.29, 1.82) is 0 Å². The molecule has 0 unspecified atom stereocenters. The number of carbonyl (C=O) groups is 1. The minimum atomic E-state index is -0.401. The summed E-state index contributed by atoms with van der Waals surface area (Å²) in [4.78, 5) is 12.5. The number of rotatable bonds is 4. The minimum absolute atomic E-state index is 0.0773. The maximum atomic E-state index is 12.5. The zero-order valence-corrected chi connectivity index (χ0v) is 22.1. The lowest BCUT2D eigenvalue weighted by atomic mass is 9.96. The molecule has 0 saturated carbocycles. The number of esters is 1. The summed E-state index contributed by atoms with van der Waals surface area (Å²) in [5.41, 5.74) is 4.67. The van der Waals surface area contributed by atoms with Gasteiger partial charge in [-0.2, -0.15) is 5.10 Å². The maximum absolute atomic E-state index is 12.5. The lowest BCUT2D eigenvalue weighted by Gasteiger charge is -2.38. The molecule has 4 aromatic rings. The summed E-state index contributed by atoms with van der Waals surface area (Å²) >= 11 is 6.89. The predicted molar refractivity (Wildman–Crippen MR) is 145 cm³/mol. The molecule has 0 bridgehead atoms. The van der Waals surface area contributed by atoms with E-state index < -0.39 is 12.2 Å². The number of nitrogens with zero attached hydrogens (tertiary/aromatic N) is 2. The number of hydrogen-bond donors (Lipinski definition) is 0. The second-order valence-electron chi connectivity index (χ2n) is 8.63. The van der Waals surface area contributed by atoms with Crippen molar-refractivity contribution in [3.8, 4) is 11.5 Å². The van der Waals surface area contributed by atoms with Crippen LogP contribution in [-0.4, -0.2) is 16.7 Å². The van der Waals surface area contributed by atoms with E-state index in [1.54, 1.807) is 24.3 Å². The largest absolute Gasteiger partial charge is 0.464 e. The Labute approximate surface area is 225 Å². The van der Waals surface area contributed by atoms with Crippen LogP contribution >= 0.6 is 31.9 Å². The van der Waals surface area contributed by atoms with E-state index in [4.69, 9.17) is 14.6 Å². The van der Waals surface area contributed by atoms with Crippen molar-refractivity contribution in [3.05, 3.63) is 128 Å². The molecule has 2 heterocycles. The van der Waals surface area contributed by atoms with Crippen LogP contribution in [0.25, 0.3) is 0 Å².